The summed E-state index contributed by atoms with van der Waals surface area (Å²) in [6.45, 7) is 0.400. The summed E-state index contributed by atoms with van der Waals surface area (Å²) in [5.41, 5.74) is 2.95. The van der Waals surface area contributed by atoms with Gasteiger partial charge in [0.25, 0.3) is 5.91 Å². The highest BCUT2D eigenvalue weighted by Crippen LogP contribution is 2.26. The molecular weight excluding hydrogens is 382 g/mol. The minimum atomic E-state index is -0.529. The highest BCUT2D eigenvalue weighted by atomic mass is 79.9. The number of halogens is 1. The molecular formula is C20H18BrNO3. The van der Waals surface area contributed by atoms with Gasteiger partial charge in [-0.15, -0.1) is 0 Å². The maximum Gasteiger partial charge on any atom is 0.331 e. The highest BCUT2D eigenvalue weighted by Gasteiger charge is 2.22. The average molecular weight is 400 g/mol. The first-order valence-corrected chi connectivity index (χ1v) is 8.91. The molecule has 4 nitrogen and oxygen atoms in total. The molecule has 1 aliphatic rings. The predicted octanol–water partition coefficient (Wildman–Crippen LogP) is 3.98. The van der Waals surface area contributed by atoms with E-state index in [1.54, 1.807) is 11.0 Å². The summed E-state index contributed by atoms with van der Waals surface area (Å²) in [5, 5.41) is 0. The summed E-state index contributed by atoms with van der Waals surface area (Å²) in [7, 11) is 0. The van der Waals surface area contributed by atoms with Crippen molar-refractivity contribution < 1.29 is 14.3 Å². The average Bonchev–Trinajstić information content (AvgIpc) is 2.64. The molecule has 1 aliphatic heterocycles. The molecule has 0 aromatic heterocycles. The van der Waals surface area contributed by atoms with Crippen LogP contribution >= 0.6 is 15.9 Å². The van der Waals surface area contributed by atoms with Gasteiger partial charge in [0.2, 0.25) is 0 Å². The van der Waals surface area contributed by atoms with Crippen molar-refractivity contribution in [3.05, 3.63) is 70.2 Å². The van der Waals surface area contributed by atoms with Gasteiger partial charge in [-0.2, -0.15) is 0 Å². The van der Waals surface area contributed by atoms with E-state index in [1.165, 1.54) is 6.08 Å². The maximum absolute atomic E-state index is 12.4. The van der Waals surface area contributed by atoms with Crippen molar-refractivity contribution in [2.45, 2.75) is 12.8 Å². The molecule has 25 heavy (non-hydrogen) atoms. The molecule has 0 N–H and O–H groups in total. The lowest BCUT2D eigenvalue weighted by Gasteiger charge is -2.29. The van der Waals surface area contributed by atoms with Gasteiger partial charge in [0, 0.05) is 22.8 Å². The topological polar surface area (TPSA) is 46.6 Å². The third kappa shape index (κ3) is 4.57. The summed E-state index contributed by atoms with van der Waals surface area (Å²) in [5.74, 6) is -0.727. The number of carbonyl (C=O) groups excluding carboxylic acids is 2. The molecule has 2 aromatic rings. The molecule has 5 heteroatoms. The first kappa shape index (κ1) is 17.4. The van der Waals surface area contributed by atoms with Crippen LogP contribution in [0.15, 0.2) is 59.1 Å². The Balaban J connectivity index is 1.57. The van der Waals surface area contributed by atoms with E-state index in [4.69, 9.17) is 4.74 Å². The number of para-hydroxylation sites is 1. The zero-order chi connectivity index (χ0) is 17.6. The smallest absolute Gasteiger partial charge is 0.331 e. The van der Waals surface area contributed by atoms with Crippen LogP contribution in [0.3, 0.4) is 0 Å². The van der Waals surface area contributed by atoms with E-state index in [9.17, 15) is 9.59 Å². The van der Waals surface area contributed by atoms with Crippen LogP contribution in [0.25, 0.3) is 6.08 Å². The number of amides is 1. The number of rotatable bonds is 4. The SMILES string of the molecule is O=C(/C=C/c1cccc(Br)c1)OCC(=O)N1CCCc2ccccc21. The van der Waals surface area contributed by atoms with Gasteiger partial charge < -0.3 is 9.64 Å². The number of hydrogen-bond donors (Lipinski definition) is 0. The molecule has 2 aromatic carbocycles. The third-order valence-corrected chi connectivity index (χ3v) is 4.50. The Morgan fingerprint density at radius 2 is 2.00 bits per heavy atom. The van der Waals surface area contributed by atoms with Gasteiger partial charge in [0.1, 0.15) is 0 Å². The van der Waals surface area contributed by atoms with E-state index >= 15 is 0 Å². The van der Waals surface area contributed by atoms with Crippen LogP contribution in [0.5, 0.6) is 0 Å². The predicted molar refractivity (Wildman–Crippen MR) is 101 cm³/mol. The van der Waals surface area contributed by atoms with Crippen molar-refractivity contribution in [1.82, 2.24) is 0 Å². The van der Waals surface area contributed by atoms with E-state index in [0.29, 0.717) is 6.54 Å². The van der Waals surface area contributed by atoms with Gasteiger partial charge in [0.05, 0.1) is 0 Å². The van der Waals surface area contributed by atoms with Crippen LogP contribution in [-0.2, 0) is 20.7 Å². The minimum absolute atomic E-state index is 0.198. The van der Waals surface area contributed by atoms with Crippen molar-refractivity contribution in [2.75, 3.05) is 18.1 Å². The van der Waals surface area contributed by atoms with Gasteiger partial charge in [-0.05, 0) is 48.2 Å². The largest absolute Gasteiger partial charge is 0.452 e. The molecule has 0 fully saturated rings. The Kier molecular flexibility index (Phi) is 5.66. The number of aryl methyl sites for hydroxylation is 1. The van der Waals surface area contributed by atoms with Crippen molar-refractivity contribution in [3.8, 4) is 0 Å². The second-order valence-corrected chi connectivity index (χ2v) is 6.69. The first-order chi connectivity index (χ1) is 12.1. The van der Waals surface area contributed by atoms with Crippen molar-refractivity contribution in [1.29, 1.82) is 0 Å². The fraction of sp³-hybridized carbons (Fsp3) is 0.200. The van der Waals surface area contributed by atoms with Crippen LogP contribution in [-0.4, -0.2) is 25.0 Å². The van der Waals surface area contributed by atoms with Gasteiger partial charge in [-0.3, -0.25) is 4.79 Å². The number of benzene rings is 2. The Morgan fingerprint density at radius 1 is 1.16 bits per heavy atom. The molecule has 0 saturated carbocycles. The third-order valence-electron chi connectivity index (χ3n) is 4.01. The van der Waals surface area contributed by atoms with Gasteiger partial charge in [-0.1, -0.05) is 46.3 Å². The molecule has 0 aliphatic carbocycles. The fourth-order valence-corrected chi connectivity index (χ4v) is 3.24. The zero-order valence-electron chi connectivity index (χ0n) is 13.7. The summed E-state index contributed by atoms with van der Waals surface area (Å²) < 4.78 is 6.03. The molecule has 0 spiro atoms. The lowest BCUT2D eigenvalue weighted by atomic mass is 10.0. The summed E-state index contributed by atoms with van der Waals surface area (Å²) in [4.78, 5) is 25.9. The van der Waals surface area contributed by atoms with Crippen LogP contribution in [0.4, 0.5) is 5.69 Å². The number of ether oxygens (including phenoxy) is 1. The molecule has 0 atom stereocenters. The summed E-state index contributed by atoms with van der Waals surface area (Å²) in [6, 6.07) is 15.4. The Hall–Kier alpha value is -2.40. The zero-order valence-corrected chi connectivity index (χ0v) is 15.2. The Morgan fingerprint density at radius 3 is 2.84 bits per heavy atom. The van der Waals surface area contributed by atoms with E-state index in [2.05, 4.69) is 15.9 Å². The first-order valence-electron chi connectivity index (χ1n) is 8.12. The van der Waals surface area contributed by atoms with E-state index in [-0.39, 0.29) is 12.5 Å². The molecule has 0 radical (unpaired) electrons. The molecule has 1 amide bonds. The molecule has 128 valence electrons. The number of fused-ring (bicyclic) bond motifs is 1. The number of nitrogens with zero attached hydrogens (tertiary/aromatic N) is 1. The number of anilines is 1. The fourth-order valence-electron chi connectivity index (χ4n) is 2.83. The number of carbonyl (C=O) groups is 2. The van der Waals surface area contributed by atoms with Crippen LogP contribution in [0.2, 0.25) is 0 Å². The molecule has 0 unspecified atom stereocenters. The standard InChI is InChI=1S/C20H18BrNO3/c21-17-8-3-5-15(13-17)10-11-20(24)25-14-19(23)22-12-4-7-16-6-1-2-9-18(16)22/h1-3,5-6,8-11,13H,4,7,12,14H2/b11-10+. The van der Waals surface area contributed by atoms with E-state index in [1.807, 2.05) is 48.5 Å². The second-order valence-electron chi connectivity index (χ2n) is 5.77. The Labute approximate surface area is 155 Å². The minimum Gasteiger partial charge on any atom is -0.452 e. The number of hydrogen-bond acceptors (Lipinski definition) is 3. The lowest BCUT2D eigenvalue weighted by Crippen LogP contribution is -2.38. The van der Waals surface area contributed by atoms with E-state index in [0.717, 1.165) is 34.1 Å². The van der Waals surface area contributed by atoms with Gasteiger partial charge in [0.15, 0.2) is 6.61 Å². The highest BCUT2D eigenvalue weighted by molar-refractivity contribution is 9.10. The molecule has 1 heterocycles. The maximum atomic E-state index is 12.4. The van der Waals surface area contributed by atoms with Crippen molar-refractivity contribution >= 4 is 39.6 Å². The normalized spacial score (nSPS) is 13.6. The van der Waals surface area contributed by atoms with Crippen molar-refractivity contribution in [2.24, 2.45) is 0 Å². The summed E-state index contributed by atoms with van der Waals surface area (Å²) in [6.07, 6.45) is 4.88. The number of esters is 1. The van der Waals surface area contributed by atoms with Gasteiger partial charge in [-0.25, -0.2) is 4.79 Å². The Bertz CT molecular complexity index is 816. The second kappa shape index (κ2) is 8.12. The quantitative estimate of drug-likeness (QED) is 0.576. The van der Waals surface area contributed by atoms with Crippen LogP contribution in [0, 0.1) is 0 Å². The monoisotopic (exact) mass is 399 g/mol. The molecule has 3 rings (SSSR count). The van der Waals surface area contributed by atoms with Crippen LogP contribution < -0.4 is 4.90 Å². The van der Waals surface area contributed by atoms with Gasteiger partial charge >= 0.3 is 5.97 Å². The molecule has 0 bridgehead atoms. The van der Waals surface area contributed by atoms with Crippen LogP contribution in [0.1, 0.15) is 17.5 Å². The molecule has 0 saturated heterocycles. The lowest BCUT2D eigenvalue weighted by molar-refractivity contribution is -0.142. The summed E-state index contributed by atoms with van der Waals surface area (Å²) >= 11 is 3.38. The van der Waals surface area contributed by atoms with E-state index < -0.39 is 5.97 Å². The van der Waals surface area contributed by atoms with Crippen molar-refractivity contribution in [3.63, 3.8) is 0 Å².